The molecule has 0 amide bonds. The molecular weight excluding hydrogens is 382 g/mol. The van der Waals surface area contributed by atoms with Gasteiger partial charge in [0.15, 0.2) is 0 Å². The molecule has 2 aromatic heterocycles. The van der Waals surface area contributed by atoms with Crippen molar-refractivity contribution in [1.29, 1.82) is 0 Å². The lowest BCUT2D eigenvalue weighted by atomic mass is 10.1. The van der Waals surface area contributed by atoms with Crippen molar-refractivity contribution in [3.63, 3.8) is 0 Å². The molecule has 0 radical (unpaired) electrons. The van der Waals surface area contributed by atoms with Crippen LogP contribution in [0.5, 0.6) is 0 Å². The van der Waals surface area contributed by atoms with Crippen molar-refractivity contribution in [3.05, 3.63) is 35.8 Å². The Morgan fingerprint density at radius 1 is 1.14 bits per heavy atom. The topological polar surface area (TPSA) is 36.8 Å². The molecule has 0 spiro atoms. The highest BCUT2D eigenvalue weighted by molar-refractivity contribution is 7.14. The number of aryl methyl sites for hydroxylation is 1. The van der Waals surface area contributed by atoms with Gasteiger partial charge in [-0.3, -0.25) is 9.58 Å². The first-order chi connectivity index (χ1) is 14.2. The second kappa shape index (κ2) is 8.07. The summed E-state index contributed by atoms with van der Waals surface area (Å²) < 4.78 is 8.00. The van der Waals surface area contributed by atoms with Crippen LogP contribution in [-0.4, -0.2) is 85.2 Å². The number of benzene rings is 1. The van der Waals surface area contributed by atoms with Crippen LogP contribution >= 0.6 is 11.3 Å². The van der Waals surface area contributed by atoms with Gasteiger partial charge in [-0.25, -0.2) is 0 Å². The summed E-state index contributed by atoms with van der Waals surface area (Å²) in [5, 5.41) is 8.07. The molecule has 2 aliphatic heterocycles. The van der Waals surface area contributed by atoms with E-state index in [2.05, 4.69) is 62.7 Å². The molecule has 0 bridgehead atoms. The maximum atomic E-state index is 6.11. The summed E-state index contributed by atoms with van der Waals surface area (Å²) in [5.41, 5.74) is 3.64. The Labute approximate surface area is 176 Å². The number of nitrogens with zero attached hydrogens (tertiary/aromatic N) is 5. The second-order valence-corrected chi connectivity index (χ2v) is 9.16. The Balaban J connectivity index is 1.29. The number of aromatic nitrogens is 2. The van der Waals surface area contributed by atoms with Crippen molar-refractivity contribution in [1.82, 2.24) is 19.6 Å². The number of hydrogen-bond donors (Lipinski definition) is 0. The zero-order valence-electron chi connectivity index (χ0n) is 17.3. The van der Waals surface area contributed by atoms with E-state index < -0.39 is 0 Å². The van der Waals surface area contributed by atoms with Gasteiger partial charge in [0.25, 0.3) is 0 Å². The molecule has 7 heteroatoms. The Morgan fingerprint density at radius 2 is 2.00 bits per heavy atom. The third-order valence-electron chi connectivity index (χ3n) is 6.08. The molecular formula is C22H29N5OS. The summed E-state index contributed by atoms with van der Waals surface area (Å²) in [4.78, 5) is 8.75. The molecule has 2 saturated heterocycles. The van der Waals surface area contributed by atoms with E-state index in [1.165, 1.54) is 21.5 Å². The number of rotatable bonds is 4. The quantitative estimate of drug-likeness (QED) is 0.660. The normalized spacial score (nSPS) is 21.9. The minimum atomic E-state index is 0.289. The monoisotopic (exact) mass is 411 g/mol. The van der Waals surface area contributed by atoms with E-state index in [9.17, 15) is 0 Å². The largest absolute Gasteiger partial charge is 0.373 e. The summed E-state index contributed by atoms with van der Waals surface area (Å²) in [6, 6.07) is 8.73. The molecule has 1 aromatic carbocycles. The fourth-order valence-corrected chi connectivity index (χ4v) is 5.35. The Kier molecular flexibility index (Phi) is 5.30. The van der Waals surface area contributed by atoms with Crippen molar-refractivity contribution in [2.45, 2.75) is 6.10 Å². The maximum Gasteiger partial charge on any atom is 0.0929 e. The van der Waals surface area contributed by atoms with E-state index in [0.717, 1.165) is 57.9 Å². The van der Waals surface area contributed by atoms with Gasteiger partial charge in [0.1, 0.15) is 0 Å². The SMILES string of the molecule is CN1CCN(CC2CN(c3csc(-c4cccc5nn(C)cc45)c3)CCO2)CC1. The van der Waals surface area contributed by atoms with E-state index in [4.69, 9.17) is 4.74 Å². The van der Waals surface area contributed by atoms with Gasteiger partial charge in [-0.2, -0.15) is 5.10 Å². The van der Waals surface area contributed by atoms with E-state index in [-0.39, 0.29) is 6.10 Å². The lowest BCUT2D eigenvalue weighted by Gasteiger charge is -2.39. The van der Waals surface area contributed by atoms with Crippen molar-refractivity contribution < 1.29 is 4.74 Å². The van der Waals surface area contributed by atoms with Crippen LogP contribution in [0.4, 0.5) is 5.69 Å². The Morgan fingerprint density at radius 3 is 2.86 bits per heavy atom. The summed E-state index contributed by atoms with van der Waals surface area (Å²) in [6.45, 7) is 8.39. The summed E-state index contributed by atoms with van der Waals surface area (Å²) in [5.74, 6) is 0. The van der Waals surface area contributed by atoms with Crippen LogP contribution in [0.2, 0.25) is 0 Å². The first-order valence-corrected chi connectivity index (χ1v) is 11.3. The molecule has 1 unspecified atom stereocenters. The van der Waals surface area contributed by atoms with Gasteiger partial charge in [-0.1, -0.05) is 12.1 Å². The number of anilines is 1. The van der Waals surface area contributed by atoms with Gasteiger partial charge in [-0.05, 0) is 19.2 Å². The van der Waals surface area contributed by atoms with Gasteiger partial charge in [0.2, 0.25) is 0 Å². The molecule has 6 nitrogen and oxygen atoms in total. The minimum absolute atomic E-state index is 0.289. The smallest absolute Gasteiger partial charge is 0.0929 e. The third-order valence-corrected chi connectivity index (χ3v) is 7.03. The molecule has 1 atom stereocenters. The zero-order chi connectivity index (χ0) is 19.8. The summed E-state index contributed by atoms with van der Waals surface area (Å²) in [7, 11) is 4.19. The van der Waals surface area contributed by atoms with E-state index in [1.54, 1.807) is 0 Å². The van der Waals surface area contributed by atoms with Crippen LogP contribution in [0.3, 0.4) is 0 Å². The van der Waals surface area contributed by atoms with Crippen LogP contribution in [0.15, 0.2) is 35.8 Å². The number of likely N-dealkylation sites (N-methyl/N-ethyl adjacent to an activating group) is 1. The predicted octanol–water partition coefficient (Wildman–Crippen LogP) is 2.75. The fraction of sp³-hybridized carbons (Fsp3) is 0.500. The molecule has 2 aliphatic rings. The molecule has 0 saturated carbocycles. The van der Waals surface area contributed by atoms with Gasteiger partial charge < -0.3 is 14.5 Å². The number of thiophene rings is 1. The van der Waals surface area contributed by atoms with Crippen LogP contribution in [-0.2, 0) is 11.8 Å². The van der Waals surface area contributed by atoms with Crippen LogP contribution in [0, 0.1) is 0 Å². The standard InChI is InChI=1S/C22H29N5OS/c1-24-6-8-26(9-7-24)13-18-14-27(10-11-28-18)17-12-22(29-16-17)19-4-3-5-21-20(19)15-25(2)23-21/h3-5,12,15-16,18H,6-11,13-14H2,1-2H3. The van der Waals surface area contributed by atoms with E-state index >= 15 is 0 Å². The lowest BCUT2D eigenvalue weighted by molar-refractivity contribution is 0.00683. The second-order valence-electron chi connectivity index (χ2n) is 8.25. The maximum absolute atomic E-state index is 6.11. The van der Waals surface area contributed by atoms with Crippen LogP contribution < -0.4 is 4.90 Å². The van der Waals surface area contributed by atoms with Crippen molar-refractivity contribution >= 4 is 27.9 Å². The Bertz CT molecular complexity index is 975. The van der Waals surface area contributed by atoms with Crippen molar-refractivity contribution in [2.75, 3.05) is 64.4 Å². The number of ether oxygens (including phenoxy) is 1. The number of fused-ring (bicyclic) bond motifs is 1. The fourth-order valence-electron chi connectivity index (χ4n) is 4.39. The average molecular weight is 412 g/mol. The first kappa shape index (κ1) is 19.1. The molecule has 154 valence electrons. The van der Waals surface area contributed by atoms with E-state index in [0.29, 0.717) is 0 Å². The molecule has 29 heavy (non-hydrogen) atoms. The summed E-state index contributed by atoms with van der Waals surface area (Å²) >= 11 is 1.82. The first-order valence-electron chi connectivity index (χ1n) is 10.4. The Hall–Kier alpha value is -1.93. The third kappa shape index (κ3) is 4.05. The molecule has 3 aromatic rings. The van der Waals surface area contributed by atoms with Gasteiger partial charge in [0, 0.05) is 86.0 Å². The number of hydrogen-bond acceptors (Lipinski definition) is 6. The molecule has 2 fully saturated rings. The highest BCUT2D eigenvalue weighted by Crippen LogP contribution is 2.36. The highest BCUT2D eigenvalue weighted by atomic mass is 32.1. The van der Waals surface area contributed by atoms with Gasteiger partial charge >= 0.3 is 0 Å². The average Bonchev–Trinajstić information content (AvgIpc) is 3.36. The van der Waals surface area contributed by atoms with Crippen molar-refractivity contribution in [2.24, 2.45) is 7.05 Å². The number of morpholine rings is 1. The van der Waals surface area contributed by atoms with E-state index in [1.807, 2.05) is 23.1 Å². The predicted molar refractivity (Wildman–Crippen MR) is 120 cm³/mol. The molecule has 5 rings (SSSR count). The zero-order valence-corrected chi connectivity index (χ0v) is 18.1. The van der Waals surface area contributed by atoms with Gasteiger partial charge in [-0.15, -0.1) is 11.3 Å². The number of piperazine rings is 1. The van der Waals surface area contributed by atoms with Gasteiger partial charge in [0.05, 0.1) is 18.2 Å². The lowest BCUT2D eigenvalue weighted by Crippen LogP contribution is -2.51. The molecule has 0 aliphatic carbocycles. The highest BCUT2D eigenvalue weighted by Gasteiger charge is 2.25. The van der Waals surface area contributed by atoms with Crippen LogP contribution in [0.1, 0.15) is 0 Å². The van der Waals surface area contributed by atoms with Crippen LogP contribution in [0.25, 0.3) is 21.3 Å². The van der Waals surface area contributed by atoms with Crippen molar-refractivity contribution in [3.8, 4) is 10.4 Å². The molecule has 4 heterocycles. The molecule has 0 N–H and O–H groups in total. The minimum Gasteiger partial charge on any atom is -0.373 e. The summed E-state index contributed by atoms with van der Waals surface area (Å²) in [6.07, 6.45) is 2.41.